The molecule has 0 saturated carbocycles. The first-order chi connectivity index (χ1) is 8.19. The molecule has 2 rings (SSSR count). The van der Waals surface area contributed by atoms with E-state index in [2.05, 4.69) is 36.2 Å². The Morgan fingerprint density at radius 1 is 1.35 bits per heavy atom. The van der Waals surface area contributed by atoms with Gasteiger partial charge in [0.2, 0.25) is 0 Å². The summed E-state index contributed by atoms with van der Waals surface area (Å²) in [5.74, 6) is 0. The highest BCUT2D eigenvalue weighted by atomic mass is 35.5. The van der Waals surface area contributed by atoms with E-state index in [9.17, 15) is 0 Å². The van der Waals surface area contributed by atoms with Gasteiger partial charge in [-0.15, -0.1) is 0 Å². The van der Waals surface area contributed by atoms with E-state index < -0.39 is 0 Å². The predicted molar refractivity (Wildman–Crippen MR) is 73.4 cm³/mol. The van der Waals surface area contributed by atoms with Gasteiger partial charge >= 0.3 is 0 Å². The second-order valence-electron chi connectivity index (χ2n) is 4.93. The van der Waals surface area contributed by atoms with Crippen molar-refractivity contribution < 1.29 is 0 Å². The summed E-state index contributed by atoms with van der Waals surface area (Å²) in [6.07, 6.45) is 1.20. The molecular weight excluding hydrogens is 232 g/mol. The van der Waals surface area contributed by atoms with Crippen LogP contribution in [-0.2, 0) is 6.54 Å². The maximum Gasteiger partial charge on any atom is 0.0406 e. The Bertz CT molecular complexity index is 350. The average molecular weight is 253 g/mol. The summed E-state index contributed by atoms with van der Waals surface area (Å²) in [6.45, 7) is 7.77. The normalized spacial score (nSPS) is 26.1. The Labute approximate surface area is 109 Å². The molecule has 0 radical (unpaired) electrons. The molecule has 94 valence electrons. The molecule has 1 fully saturated rings. The number of rotatable bonds is 3. The summed E-state index contributed by atoms with van der Waals surface area (Å²) in [6, 6.07) is 9.45. The lowest BCUT2D eigenvalue weighted by molar-refractivity contribution is 0.124. The zero-order valence-corrected chi connectivity index (χ0v) is 11.4. The number of hydrogen-bond acceptors (Lipinski definition) is 2. The summed E-state index contributed by atoms with van der Waals surface area (Å²) in [4.78, 5) is 2.57. The first kappa shape index (κ1) is 12.9. The third-order valence-electron chi connectivity index (χ3n) is 3.50. The molecule has 0 amide bonds. The SMILES string of the molecule is CCC1CNC(C)CN1Cc1ccc(Cl)cc1. The Morgan fingerprint density at radius 2 is 2.06 bits per heavy atom. The molecule has 1 heterocycles. The molecule has 17 heavy (non-hydrogen) atoms. The van der Waals surface area contributed by atoms with Gasteiger partial charge in [-0.1, -0.05) is 30.7 Å². The molecule has 0 aromatic heterocycles. The standard InChI is InChI=1S/C14H21ClN2/c1-3-14-8-16-11(2)9-17(14)10-12-4-6-13(15)7-5-12/h4-7,11,14,16H,3,8-10H2,1-2H3. The van der Waals surface area contributed by atoms with Crippen LogP contribution < -0.4 is 5.32 Å². The van der Waals surface area contributed by atoms with Crippen LogP contribution in [0.25, 0.3) is 0 Å². The Hall–Kier alpha value is -0.570. The lowest BCUT2D eigenvalue weighted by Gasteiger charge is -2.39. The molecule has 1 aliphatic heterocycles. The quantitative estimate of drug-likeness (QED) is 0.890. The van der Waals surface area contributed by atoms with Crippen molar-refractivity contribution in [3.8, 4) is 0 Å². The number of hydrogen-bond donors (Lipinski definition) is 1. The minimum Gasteiger partial charge on any atom is -0.311 e. The lowest BCUT2D eigenvalue weighted by atomic mass is 10.1. The van der Waals surface area contributed by atoms with Crippen molar-refractivity contribution in [2.45, 2.75) is 38.9 Å². The van der Waals surface area contributed by atoms with Crippen molar-refractivity contribution in [3.63, 3.8) is 0 Å². The number of nitrogens with one attached hydrogen (secondary N) is 1. The van der Waals surface area contributed by atoms with Gasteiger partial charge in [-0.05, 0) is 31.0 Å². The molecule has 0 bridgehead atoms. The van der Waals surface area contributed by atoms with Crippen molar-refractivity contribution in [2.24, 2.45) is 0 Å². The fourth-order valence-electron chi connectivity index (χ4n) is 2.45. The van der Waals surface area contributed by atoms with E-state index in [-0.39, 0.29) is 0 Å². The fraction of sp³-hybridized carbons (Fsp3) is 0.571. The van der Waals surface area contributed by atoms with Crippen molar-refractivity contribution in [2.75, 3.05) is 13.1 Å². The van der Waals surface area contributed by atoms with Gasteiger partial charge < -0.3 is 5.32 Å². The molecule has 1 aliphatic rings. The van der Waals surface area contributed by atoms with E-state index in [4.69, 9.17) is 11.6 Å². The van der Waals surface area contributed by atoms with Crippen LogP contribution in [0, 0.1) is 0 Å². The van der Waals surface area contributed by atoms with Crippen LogP contribution in [0.5, 0.6) is 0 Å². The van der Waals surface area contributed by atoms with E-state index in [1.165, 1.54) is 12.0 Å². The molecule has 2 nitrogen and oxygen atoms in total. The molecule has 1 aromatic carbocycles. The Balaban J connectivity index is 2.02. The minimum atomic E-state index is 0.588. The van der Waals surface area contributed by atoms with Gasteiger partial charge in [-0.25, -0.2) is 0 Å². The third kappa shape index (κ3) is 3.44. The largest absolute Gasteiger partial charge is 0.311 e. The highest BCUT2D eigenvalue weighted by molar-refractivity contribution is 6.30. The predicted octanol–water partition coefficient (Wildman–Crippen LogP) is 2.91. The van der Waals surface area contributed by atoms with E-state index >= 15 is 0 Å². The maximum atomic E-state index is 5.91. The van der Waals surface area contributed by atoms with Gasteiger partial charge in [0.15, 0.2) is 0 Å². The summed E-state index contributed by atoms with van der Waals surface area (Å²) >= 11 is 5.91. The monoisotopic (exact) mass is 252 g/mol. The summed E-state index contributed by atoms with van der Waals surface area (Å²) < 4.78 is 0. The van der Waals surface area contributed by atoms with E-state index in [0.29, 0.717) is 12.1 Å². The molecule has 1 saturated heterocycles. The first-order valence-electron chi connectivity index (χ1n) is 6.41. The number of halogens is 1. The number of piperazine rings is 1. The number of benzene rings is 1. The molecule has 2 atom stereocenters. The molecular formula is C14H21ClN2. The zero-order valence-electron chi connectivity index (χ0n) is 10.6. The van der Waals surface area contributed by atoms with Gasteiger partial charge in [-0.3, -0.25) is 4.90 Å². The minimum absolute atomic E-state index is 0.588. The molecule has 1 N–H and O–H groups in total. The topological polar surface area (TPSA) is 15.3 Å². The van der Waals surface area contributed by atoms with Crippen molar-refractivity contribution >= 4 is 11.6 Å². The van der Waals surface area contributed by atoms with Crippen molar-refractivity contribution in [1.29, 1.82) is 0 Å². The Kier molecular flexibility index (Phi) is 4.43. The van der Waals surface area contributed by atoms with Crippen LogP contribution in [0.2, 0.25) is 5.02 Å². The van der Waals surface area contributed by atoms with Gasteiger partial charge in [0.05, 0.1) is 0 Å². The van der Waals surface area contributed by atoms with Crippen molar-refractivity contribution in [3.05, 3.63) is 34.9 Å². The molecule has 3 heteroatoms. The molecule has 0 aliphatic carbocycles. The zero-order chi connectivity index (χ0) is 12.3. The van der Waals surface area contributed by atoms with Crippen LogP contribution in [0.3, 0.4) is 0 Å². The van der Waals surface area contributed by atoms with Crippen LogP contribution in [-0.4, -0.2) is 30.1 Å². The van der Waals surface area contributed by atoms with Gasteiger partial charge in [0, 0.05) is 36.7 Å². The van der Waals surface area contributed by atoms with Crippen LogP contribution >= 0.6 is 11.6 Å². The number of nitrogens with zero attached hydrogens (tertiary/aromatic N) is 1. The highest BCUT2D eigenvalue weighted by Crippen LogP contribution is 2.16. The van der Waals surface area contributed by atoms with Crippen molar-refractivity contribution in [1.82, 2.24) is 10.2 Å². The second kappa shape index (κ2) is 5.85. The molecule has 1 aromatic rings. The molecule has 0 spiro atoms. The third-order valence-corrected chi connectivity index (χ3v) is 3.75. The van der Waals surface area contributed by atoms with Gasteiger partial charge in [0.1, 0.15) is 0 Å². The van der Waals surface area contributed by atoms with Gasteiger partial charge in [0.25, 0.3) is 0 Å². The van der Waals surface area contributed by atoms with Crippen LogP contribution in [0.1, 0.15) is 25.8 Å². The fourth-order valence-corrected chi connectivity index (χ4v) is 2.58. The first-order valence-corrected chi connectivity index (χ1v) is 6.78. The second-order valence-corrected chi connectivity index (χ2v) is 5.36. The summed E-state index contributed by atoms with van der Waals surface area (Å²) in [5, 5.41) is 4.36. The van der Waals surface area contributed by atoms with E-state index in [1.54, 1.807) is 0 Å². The van der Waals surface area contributed by atoms with E-state index in [1.807, 2.05) is 12.1 Å². The average Bonchev–Trinajstić information content (AvgIpc) is 2.32. The van der Waals surface area contributed by atoms with Gasteiger partial charge in [-0.2, -0.15) is 0 Å². The summed E-state index contributed by atoms with van der Waals surface area (Å²) in [7, 11) is 0. The highest BCUT2D eigenvalue weighted by Gasteiger charge is 2.24. The van der Waals surface area contributed by atoms with Crippen LogP contribution in [0.15, 0.2) is 24.3 Å². The Morgan fingerprint density at radius 3 is 2.71 bits per heavy atom. The lowest BCUT2D eigenvalue weighted by Crippen LogP contribution is -2.54. The summed E-state index contributed by atoms with van der Waals surface area (Å²) in [5.41, 5.74) is 1.35. The maximum absolute atomic E-state index is 5.91. The van der Waals surface area contributed by atoms with E-state index in [0.717, 1.165) is 24.7 Å². The molecule has 2 unspecified atom stereocenters. The smallest absolute Gasteiger partial charge is 0.0406 e. The van der Waals surface area contributed by atoms with Crippen LogP contribution in [0.4, 0.5) is 0 Å².